The quantitative estimate of drug-likeness (QED) is 0.142. The van der Waals surface area contributed by atoms with Gasteiger partial charge >= 0.3 is 37.2 Å². The molecule has 0 atom stereocenters. The molecule has 0 spiro atoms. The van der Waals surface area contributed by atoms with Gasteiger partial charge in [-0.3, -0.25) is 13.9 Å². The number of ketones is 1. The maximum Gasteiger partial charge on any atom is 1.00 e. The molecule has 0 saturated carbocycles. The number of nitrogens with one attached hydrogen (secondary N) is 1. The van der Waals surface area contributed by atoms with E-state index in [0.717, 1.165) is 12.1 Å². The van der Waals surface area contributed by atoms with Crippen molar-refractivity contribution < 1.29 is 66.8 Å². The predicted molar refractivity (Wildman–Crippen MR) is 115 cm³/mol. The van der Waals surface area contributed by atoms with Gasteiger partial charge in [0.25, 0.3) is 10.1 Å². The Hall–Kier alpha value is -2.15. The predicted octanol–water partition coefficient (Wildman–Crippen LogP) is -0.617. The molecule has 4 N–H and O–H groups in total. The van der Waals surface area contributed by atoms with Crippen LogP contribution in [0.5, 0.6) is 5.75 Å². The van der Waals surface area contributed by atoms with Crippen LogP contribution in [0.4, 0.5) is 17.1 Å². The van der Waals surface area contributed by atoms with E-state index >= 15 is 0 Å². The summed E-state index contributed by atoms with van der Waals surface area (Å²) < 4.78 is 44.7. The Morgan fingerprint density at radius 3 is 2.42 bits per heavy atom. The molecule has 3 aromatic rings. The molecule has 0 heterocycles. The molecule has 168 valence electrons. The van der Waals surface area contributed by atoms with Crippen LogP contribution in [-0.4, -0.2) is 35.1 Å². The number of hydrogen-bond donors (Lipinski definition) is 4. The molecule has 0 saturated heterocycles. The van der Waals surface area contributed by atoms with E-state index in [1.807, 2.05) is 0 Å². The minimum atomic E-state index is -4.85. The molecular formula is C19H17N3NaO8PS. The number of carbonyl (C=O) groups excluding carboxylic acids is 1. The zero-order valence-corrected chi connectivity index (χ0v) is 21.2. The first kappa shape index (κ1) is 27.1. The van der Waals surface area contributed by atoms with Crippen molar-refractivity contribution >= 4 is 56.6 Å². The van der Waals surface area contributed by atoms with Crippen molar-refractivity contribution in [2.24, 2.45) is 10.2 Å². The molecule has 3 rings (SSSR count). The van der Waals surface area contributed by atoms with Crippen molar-refractivity contribution in [3.05, 3.63) is 48.5 Å². The van der Waals surface area contributed by atoms with Crippen molar-refractivity contribution in [3.8, 4) is 5.75 Å². The van der Waals surface area contributed by atoms with Crippen molar-refractivity contribution in [2.45, 2.75) is 11.8 Å². The van der Waals surface area contributed by atoms with E-state index in [9.17, 15) is 37.2 Å². The number of hydrogen-bond acceptors (Lipinski definition) is 8. The summed E-state index contributed by atoms with van der Waals surface area (Å²) in [5.41, 5.74) is -0.296. The van der Waals surface area contributed by atoms with Gasteiger partial charge in [-0.1, -0.05) is 17.9 Å². The molecular weight excluding hydrogens is 484 g/mol. The molecule has 14 heteroatoms. The minimum Gasteiger partial charge on any atom is -0.871 e. The van der Waals surface area contributed by atoms with Gasteiger partial charge in [-0.15, -0.1) is 5.11 Å². The number of carbonyl (C=O) groups is 1. The zero-order valence-electron chi connectivity index (χ0n) is 17.5. The molecule has 3 aromatic carbocycles. The molecule has 0 aliphatic heterocycles. The van der Waals surface area contributed by atoms with E-state index in [1.165, 1.54) is 43.3 Å². The summed E-state index contributed by atoms with van der Waals surface area (Å²) in [5.74, 6) is -0.988. The number of nitrogens with zero attached hydrogens (tertiary/aromatic N) is 2. The molecule has 0 aliphatic carbocycles. The Bertz CT molecular complexity index is 1410. The first-order valence-electron chi connectivity index (χ1n) is 8.93. The fourth-order valence-electron chi connectivity index (χ4n) is 2.80. The zero-order chi connectivity index (χ0) is 23.7. The second kappa shape index (κ2) is 10.4. The Labute approximate surface area is 210 Å². The van der Waals surface area contributed by atoms with Crippen molar-refractivity contribution in [1.29, 1.82) is 0 Å². The van der Waals surface area contributed by atoms with Crippen LogP contribution in [-0.2, 0) is 19.5 Å². The second-order valence-electron chi connectivity index (χ2n) is 6.78. The Morgan fingerprint density at radius 2 is 1.82 bits per heavy atom. The first-order chi connectivity index (χ1) is 14.9. The normalized spacial score (nSPS) is 12.0. The van der Waals surface area contributed by atoms with Crippen LogP contribution in [0.1, 0.15) is 6.92 Å². The SMILES string of the molecule is CC(=O)CNc1ccc2cc(S(=O)(=O)O)c(N=Nc3cccc(P(=O)(O)O)c3)c([O-])c2c1.[Na+]. The number of azo groups is 1. The number of Topliss-reactive ketones (excluding diaryl/α,β-unsaturated/α-hetero) is 1. The summed E-state index contributed by atoms with van der Waals surface area (Å²) in [6.07, 6.45) is 0. The fraction of sp³-hybridized carbons (Fsp3) is 0.105. The van der Waals surface area contributed by atoms with Crippen molar-refractivity contribution in [3.63, 3.8) is 0 Å². The maximum atomic E-state index is 13.0. The topological polar surface area (TPSA) is 189 Å². The van der Waals surface area contributed by atoms with Crippen LogP contribution in [0.3, 0.4) is 0 Å². The van der Waals surface area contributed by atoms with Crippen LogP contribution < -0.4 is 45.3 Å². The smallest absolute Gasteiger partial charge is 0.871 e. The Kier molecular flexibility index (Phi) is 8.55. The first-order valence-corrected chi connectivity index (χ1v) is 12.0. The van der Waals surface area contributed by atoms with Crippen LogP contribution >= 0.6 is 7.60 Å². The van der Waals surface area contributed by atoms with Crippen LogP contribution in [0.2, 0.25) is 0 Å². The summed E-state index contributed by atoms with van der Waals surface area (Å²) in [6, 6.07) is 10.3. The van der Waals surface area contributed by atoms with Gasteiger partial charge in [-0.05, 0) is 54.1 Å². The summed E-state index contributed by atoms with van der Waals surface area (Å²) in [7, 11) is -9.42. The summed E-state index contributed by atoms with van der Waals surface area (Å²) in [4.78, 5) is 28.9. The van der Waals surface area contributed by atoms with E-state index < -0.39 is 34.0 Å². The number of fused-ring (bicyclic) bond motifs is 1. The third-order valence-corrected chi connectivity index (χ3v) is 6.10. The third kappa shape index (κ3) is 6.69. The van der Waals surface area contributed by atoms with E-state index in [-0.39, 0.29) is 63.6 Å². The standard InChI is InChI=1S/C19H18N3O8PS.Na/c1-11(23)10-20-13-6-5-12-7-17(32(28,29)30)18(19(24)16(12)9-13)22-21-14-3-2-4-15(8-14)31(25,26)27;/h2-9,20,24H,10H2,1H3,(H2,25,26,27)(H,28,29,30);/q;+1/p-1. The molecule has 11 nitrogen and oxygen atoms in total. The largest absolute Gasteiger partial charge is 1.00 e. The maximum absolute atomic E-state index is 13.0. The van der Waals surface area contributed by atoms with Crippen LogP contribution in [0, 0.1) is 0 Å². The second-order valence-corrected chi connectivity index (χ2v) is 9.78. The molecule has 0 unspecified atom stereocenters. The van der Waals surface area contributed by atoms with Gasteiger partial charge in [-0.25, -0.2) is 0 Å². The van der Waals surface area contributed by atoms with Crippen LogP contribution in [0.15, 0.2) is 63.7 Å². The fourth-order valence-corrected chi connectivity index (χ4v) is 4.03. The number of benzene rings is 3. The van der Waals surface area contributed by atoms with Crippen molar-refractivity contribution in [2.75, 3.05) is 11.9 Å². The van der Waals surface area contributed by atoms with E-state index in [1.54, 1.807) is 0 Å². The summed E-state index contributed by atoms with van der Waals surface area (Å²) in [6.45, 7) is 1.40. The molecule has 0 radical (unpaired) electrons. The molecule has 0 fully saturated rings. The van der Waals surface area contributed by atoms with E-state index in [0.29, 0.717) is 5.69 Å². The molecule has 0 aromatic heterocycles. The number of rotatable bonds is 7. The molecule has 0 amide bonds. The molecule has 0 bridgehead atoms. The average molecular weight is 501 g/mol. The van der Waals surface area contributed by atoms with Crippen molar-refractivity contribution in [1.82, 2.24) is 0 Å². The van der Waals surface area contributed by atoms with Crippen LogP contribution in [0.25, 0.3) is 10.8 Å². The monoisotopic (exact) mass is 501 g/mol. The Morgan fingerprint density at radius 1 is 1.12 bits per heavy atom. The third-order valence-electron chi connectivity index (χ3n) is 4.28. The van der Waals surface area contributed by atoms with Gasteiger partial charge in [0, 0.05) is 5.69 Å². The van der Waals surface area contributed by atoms with Gasteiger partial charge in [0.2, 0.25) is 0 Å². The van der Waals surface area contributed by atoms with Gasteiger partial charge in [0.1, 0.15) is 10.7 Å². The summed E-state index contributed by atoms with van der Waals surface area (Å²) >= 11 is 0. The van der Waals surface area contributed by atoms with E-state index in [2.05, 4.69) is 15.5 Å². The van der Waals surface area contributed by atoms with Gasteiger partial charge < -0.3 is 20.2 Å². The van der Waals surface area contributed by atoms with Gasteiger partial charge in [0.15, 0.2) is 0 Å². The molecule has 0 aliphatic rings. The average Bonchev–Trinajstić information content (AvgIpc) is 2.70. The van der Waals surface area contributed by atoms with E-state index in [4.69, 9.17) is 0 Å². The molecule has 33 heavy (non-hydrogen) atoms. The van der Waals surface area contributed by atoms with Gasteiger partial charge in [-0.2, -0.15) is 13.5 Å². The Balaban J connectivity index is 0.00000385. The summed E-state index contributed by atoms with van der Waals surface area (Å²) in [5, 5.41) is 23.1. The van der Waals surface area contributed by atoms with Gasteiger partial charge in [0.05, 0.1) is 23.2 Å². The minimum absolute atomic E-state index is 0. The number of anilines is 1.